The number of nitrogens with zero attached hydrogens (tertiary/aromatic N) is 5. The summed E-state index contributed by atoms with van der Waals surface area (Å²) in [5, 5.41) is 8.02. The maximum absolute atomic E-state index is 12.6. The second kappa shape index (κ2) is 7.39. The molecule has 126 valence electrons. The van der Waals surface area contributed by atoms with E-state index in [1.807, 2.05) is 6.92 Å². The molecule has 0 spiro atoms. The van der Waals surface area contributed by atoms with Crippen LogP contribution in [0.5, 0.6) is 0 Å². The molecule has 0 N–H and O–H groups in total. The fraction of sp³-hybridized carbons (Fsp3) is 0.625. The van der Waals surface area contributed by atoms with Crippen LogP contribution < -0.4 is 5.56 Å². The molecule has 0 aliphatic carbocycles. The minimum Gasteiger partial charge on any atom is -0.338 e. The number of unbranched alkanes of at least 4 members (excludes halogenated alkanes) is 1. The standard InChI is InChI=1S/C16H25N5O2/c1-5-7-8-12(6-2)15(22)20(4)11-13-17-18-14-16(23)19(3)9-10-21(13)14/h9-10,12H,5-8,11H2,1-4H3/t12-/m0/s1. The third kappa shape index (κ3) is 3.60. The van der Waals surface area contributed by atoms with Crippen molar-refractivity contribution in [3.05, 3.63) is 28.6 Å². The molecule has 0 radical (unpaired) electrons. The Morgan fingerprint density at radius 2 is 2.04 bits per heavy atom. The number of carbonyl (C=O) groups is 1. The van der Waals surface area contributed by atoms with Gasteiger partial charge in [0.1, 0.15) is 0 Å². The molecule has 0 unspecified atom stereocenters. The Hall–Kier alpha value is -2.18. The van der Waals surface area contributed by atoms with E-state index in [-0.39, 0.29) is 23.0 Å². The van der Waals surface area contributed by atoms with Gasteiger partial charge in [-0.1, -0.05) is 26.7 Å². The van der Waals surface area contributed by atoms with E-state index in [2.05, 4.69) is 17.1 Å². The molecule has 2 rings (SSSR count). The van der Waals surface area contributed by atoms with Gasteiger partial charge in [0.05, 0.1) is 6.54 Å². The van der Waals surface area contributed by atoms with Crippen LogP contribution in [0.3, 0.4) is 0 Å². The second-order valence-electron chi connectivity index (χ2n) is 5.97. The molecule has 1 amide bonds. The normalized spacial score (nSPS) is 12.5. The molecular weight excluding hydrogens is 294 g/mol. The minimum atomic E-state index is -0.199. The molecule has 0 aliphatic heterocycles. The van der Waals surface area contributed by atoms with Gasteiger partial charge in [-0.25, -0.2) is 0 Å². The first-order chi connectivity index (χ1) is 11.0. The zero-order chi connectivity index (χ0) is 17.0. The lowest BCUT2D eigenvalue weighted by molar-refractivity contribution is -0.135. The van der Waals surface area contributed by atoms with E-state index in [9.17, 15) is 9.59 Å². The smallest absolute Gasteiger partial charge is 0.295 e. The van der Waals surface area contributed by atoms with Crippen molar-refractivity contribution in [2.45, 2.75) is 46.1 Å². The van der Waals surface area contributed by atoms with Gasteiger partial charge >= 0.3 is 0 Å². The molecule has 1 atom stereocenters. The lowest BCUT2D eigenvalue weighted by atomic mass is 9.98. The van der Waals surface area contributed by atoms with E-state index in [0.717, 1.165) is 25.7 Å². The number of hydrogen-bond donors (Lipinski definition) is 0. The molecule has 0 fully saturated rings. The van der Waals surface area contributed by atoms with Gasteiger partial charge in [0.25, 0.3) is 5.56 Å². The maximum Gasteiger partial charge on any atom is 0.295 e. The molecule has 0 aliphatic rings. The van der Waals surface area contributed by atoms with Crippen molar-refractivity contribution < 1.29 is 4.79 Å². The fourth-order valence-electron chi connectivity index (χ4n) is 2.68. The zero-order valence-electron chi connectivity index (χ0n) is 14.3. The largest absolute Gasteiger partial charge is 0.338 e. The van der Waals surface area contributed by atoms with E-state index < -0.39 is 0 Å². The monoisotopic (exact) mass is 319 g/mol. The van der Waals surface area contributed by atoms with Crippen molar-refractivity contribution in [1.82, 2.24) is 24.1 Å². The summed E-state index contributed by atoms with van der Waals surface area (Å²) in [7, 11) is 3.45. The van der Waals surface area contributed by atoms with Crippen LogP contribution in [0.4, 0.5) is 0 Å². The molecular formula is C16H25N5O2. The van der Waals surface area contributed by atoms with Crippen molar-refractivity contribution in [3.63, 3.8) is 0 Å². The first-order valence-corrected chi connectivity index (χ1v) is 8.13. The lowest BCUT2D eigenvalue weighted by Gasteiger charge is -2.22. The van der Waals surface area contributed by atoms with Gasteiger partial charge in [-0.2, -0.15) is 0 Å². The topological polar surface area (TPSA) is 72.5 Å². The molecule has 0 saturated heterocycles. The van der Waals surface area contributed by atoms with Gasteiger partial charge in [-0.3, -0.25) is 14.0 Å². The summed E-state index contributed by atoms with van der Waals surface area (Å²) in [6.07, 6.45) is 7.31. The van der Waals surface area contributed by atoms with Crippen molar-refractivity contribution in [3.8, 4) is 0 Å². The second-order valence-corrected chi connectivity index (χ2v) is 5.97. The van der Waals surface area contributed by atoms with Crippen LogP contribution in [-0.2, 0) is 18.4 Å². The number of hydrogen-bond acceptors (Lipinski definition) is 4. The Kier molecular flexibility index (Phi) is 5.52. The summed E-state index contributed by atoms with van der Waals surface area (Å²) in [4.78, 5) is 26.2. The number of carbonyl (C=O) groups excluding carboxylic acids is 1. The van der Waals surface area contributed by atoms with Gasteiger partial charge in [0, 0.05) is 32.4 Å². The predicted octanol–water partition coefficient (Wildman–Crippen LogP) is 1.60. The Bertz CT molecular complexity index is 734. The summed E-state index contributed by atoms with van der Waals surface area (Å²) in [5.74, 6) is 0.771. The zero-order valence-corrected chi connectivity index (χ0v) is 14.3. The van der Waals surface area contributed by atoms with E-state index >= 15 is 0 Å². The SMILES string of the molecule is CCCC[C@H](CC)C(=O)N(C)Cc1nnc2c(=O)n(C)ccn12. The minimum absolute atomic E-state index is 0.0482. The summed E-state index contributed by atoms with van der Waals surface area (Å²) in [6.45, 7) is 4.52. The van der Waals surface area contributed by atoms with Crippen LogP contribution in [0.1, 0.15) is 45.4 Å². The molecule has 2 heterocycles. The number of fused-ring (bicyclic) bond motifs is 1. The molecule has 0 saturated carbocycles. The summed E-state index contributed by atoms with van der Waals surface area (Å²) in [5.41, 5.74) is 0.0819. The highest BCUT2D eigenvalue weighted by molar-refractivity contribution is 5.78. The van der Waals surface area contributed by atoms with Crippen molar-refractivity contribution in [2.75, 3.05) is 7.05 Å². The average Bonchev–Trinajstić information content (AvgIpc) is 2.95. The van der Waals surface area contributed by atoms with Gasteiger partial charge in [-0.05, 0) is 12.8 Å². The number of aromatic nitrogens is 4. The third-order valence-electron chi connectivity index (χ3n) is 4.22. The highest BCUT2D eigenvalue weighted by Crippen LogP contribution is 2.16. The van der Waals surface area contributed by atoms with E-state index in [1.54, 1.807) is 35.8 Å². The molecule has 7 nitrogen and oxygen atoms in total. The molecule has 7 heteroatoms. The average molecular weight is 319 g/mol. The quantitative estimate of drug-likeness (QED) is 0.777. The summed E-state index contributed by atoms with van der Waals surface area (Å²) in [6, 6.07) is 0. The molecule has 0 bridgehead atoms. The Morgan fingerprint density at radius 1 is 1.30 bits per heavy atom. The number of amides is 1. The molecule has 2 aromatic rings. The van der Waals surface area contributed by atoms with Crippen LogP contribution in [0.15, 0.2) is 17.2 Å². The Morgan fingerprint density at radius 3 is 2.70 bits per heavy atom. The summed E-state index contributed by atoms with van der Waals surface area (Å²) >= 11 is 0. The first-order valence-electron chi connectivity index (χ1n) is 8.13. The molecule has 23 heavy (non-hydrogen) atoms. The van der Waals surface area contributed by atoms with Crippen LogP contribution in [0, 0.1) is 5.92 Å². The van der Waals surface area contributed by atoms with Gasteiger partial charge < -0.3 is 9.47 Å². The Labute approximate surface area is 135 Å². The van der Waals surface area contributed by atoms with Gasteiger partial charge in [0.2, 0.25) is 11.6 Å². The van der Waals surface area contributed by atoms with Gasteiger partial charge in [0.15, 0.2) is 5.82 Å². The van der Waals surface area contributed by atoms with Crippen molar-refractivity contribution in [1.29, 1.82) is 0 Å². The van der Waals surface area contributed by atoms with E-state index in [0.29, 0.717) is 12.4 Å². The molecule has 0 aromatic carbocycles. The van der Waals surface area contributed by atoms with Crippen molar-refractivity contribution in [2.24, 2.45) is 13.0 Å². The van der Waals surface area contributed by atoms with Crippen LogP contribution in [-0.4, -0.2) is 37.0 Å². The number of aryl methyl sites for hydroxylation is 1. The molecule has 2 aromatic heterocycles. The van der Waals surface area contributed by atoms with Crippen molar-refractivity contribution >= 4 is 11.6 Å². The Balaban J connectivity index is 2.17. The van der Waals surface area contributed by atoms with Gasteiger partial charge in [-0.15, -0.1) is 10.2 Å². The summed E-state index contributed by atoms with van der Waals surface area (Å²) < 4.78 is 3.11. The van der Waals surface area contributed by atoms with Crippen LogP contribution in [0.25, 0.3) is 5.65 Å². The highest BCUT2D eigenvalue weighted by atomic mass is 16.2. The highest BCUT2D eigenvalue weighted by Gasteiger charge is 2.21. The maximum atomic E-state index is 12.6. The lowest BCUT2D eigenvalue weighted by Crippen LogP contribution is -2.33. The third-order valence-corrected chi connectivity index (χ3v) is 4.22. The van der Waals surface area contributed by atoms with E-state index in [4.69, 9.17) is 0 Å². The predicted molar refractivity (Wildman–Crippen MR) is 88.0 cm³/mol. The fourth-order valence-corrected chi connectivity index (χ4v) is 2.68. The van der Waals surface area contributed by atoms with Crippen LogP contribution in [0.2, 0.25) is 0 Å². The first kappa shape index (κ1) is 17.2. The van der Waals surface area contributed by atoms with E-state index in [1.165, 1.54) is 4.57 Å². The number of rotatable bonds is 7. The van der Waals surface area contributed by atoms with Crippen LogP contribution >= 0.6 is 0 Å².